The van der Waals surface area contributed by atoms with Gasteiger partial charge in [0.1, 0.15) is 5.82 Å². The maximum Gasteiger partial charge on any atom is 0.416 e. The number of carbonyl (C=O) groups excluding carboxylic acids is 1. The van der Waals surface area contributed by atoms with E-state index in [1.54, 1.807) is 21.0 Å². The quantitative estimate of drug-likeness (QED) is 0.864. The second kappa shape index (κ2) is 6.21. The van der Waals surface area contributed by atoms with Crippen molar-refractivity contribution in [2.24, 2.45) is 0 Å². The minimum Gasteiger partial charge on any atom is -0.347 e. The number of likely N-dealkylation sites (N-methyl/N-ethyl adjacent to an activating group) is 1. The first-order chi connectivity index (χ1) is 9.12. The molecule has 1 amide bonds. The Morgan fingerprint density at radius 3 is 2.45 bits per heavy atom. The Kier molecular flexibility index (Phi) is 5.10. The molecular weight excluding hydrogens is 276 g/mol. The van der Waals surface area contributed by atoms with Gasteiger partial charge in [0, 0.05) is 20.6 Å². The Bertz CT molecular complexity index is 486. The summed E-state index contributed by atoms with van der Waals surface area (Å²) in [5, 5.41) is 2.70. The van der Waals surface area contributed by atoms with Gasteiger partial charge in [-0.05, 0) is 24.6 Å². The van der Waals surface area contributed by atoms with Gasteiger partial charge in [0.15, 0.2) is 0 Å². The van der Waals surface area contributed by atoms with Crippen molar-refractivity contribution >= 4 is 5.91 Å². The topological polar surface area (TPSA) is 32.3 Å². The van der Waals surface area contributed by atoms with Gasteiger partial charge in [0.25, 0.3) is 0 Å². The van der Waals surface area contributed by atoms with Gasteiger partial charge in [0.2, 0.25) is 5.91 Å². The van der Waals surface area contributed by atoms with Crippen molar-refractivity contribution in [1.29, 1.82) is 0 Å². The highest BCUT2D eigenvalue weighted by Crippen LogP contribution is 2.32. The number of rotatable bonds is 4. The lowest BCUT2D eigenvalue weighted by Gasteiger charge is -2.19. The molecule has 0 saturated heterocycles. The Hall–Kier alpha value is -1.63. The molecule has 0 aromatic heterocycles. The molecule has 1 aromatic rings. The van der Waals surface area contributed by atoms with E-state index in [1.165, 1.54) is 4.90 Å². The Morgan fingerprint density at radius 1 is 1.35 bits per heavy atom. The van der Waals surface area contributed by atoms with Crippen molar-refractivity contribution < 1.29 is 22.4 Å². The van der Waals surface area contributed by atoms with Gasteiger partial charge in [-0.25, -0.2) is 4.39 Å². The van der Waals surface area contributed by atoms with E-state index in [2.05, 4.69) is 5.32 Å². The van der Waals surface area contributed by atoms with Gasteiger partial charge in [0.05, 0.1) is 11.6 Å². The van der Waals surface area contributed by atoms with E-state index in [-0.39, 0.29) is 18.0 Å². The summed E-state index contributed by atoms with van der Waals surface area (Å²) in [6.45, 7) is 1.38. The zero-order chi connectivity index (χ0) is 15.5. The van der Waals surface area contributed by atoms with Crippen LogP contribution in [0.2, 0.25) is 0 Å². The van der Waals surface area contributed by atoms with Crippen LogP contribution < -0.4 is 5.32 Å². The molecule has 0 fully saturated rings. The van der Waals surface area contributed by atoms with Gasteiger partial charge in [-0.15, -0.1) is 0 Å². The van der Waals surface area contributed by atoms with Crippen LogP contribution in [0.3, 0.4) is 0 Å². The first-order valence-electron chi connectivity index (χ1n) is 5.93. The monoisotopic (exact) mass is 292 g/mol. The third kappa shape index (κ3) is 4.19. The van der Waals surface area contributed by atoms with Gasteiger partial charge in [-0.3, -0.25) is 4.79 Å². The molecule has 1 atom stereocenters. The lowest BCUT2D eigenvalue weighted by molar-refractivity contribution is -0.138. The smallest absolute Gasteiger partial charge is 0.347 e. The number of hydrogen-bond acceptors (Lipinski definition) is 2. The molecule has 112 valence electrons. The van der Waals surface area contributed by atoms with Crippen LogP contribution in [0.5, 0.6) is 0 Å². The molecule has 0 bridgehead atoms. The Labute approximate surface area is 114 Å². The van der Waals surface area contributed by atoms with Gasteiger partial charge >= 0.3 is 6.18 Å². The van der Waals surface area contributed by atoms with Crippen molar-refractivity contribution in [3.63, 3.8) is 0 Å². The number of carbonyl (C=O) groups is 1. The molecule has 1 aromatic carbocycles. The average molecular weight is 292 g/mol. The van der Waals surface area contributed by atoms with Crippen molar-refractivity contribution in [2.45, 2.75) is 25.7 Å². The second-order valence-corrected chi connectivity index (χ2v) is 4.63. The predicted molar refractivity (Wildman–Crippen MR) is 66.4 cm³/mol. The number of nitrogens with zero attached hydrogens (tertiary/aromatic N) is 1. The predicted octanol–water partition coefficient (Wildman–Crippen LogP) is 2.41. The van der Waals surface area contributed by atoms with E-state index in [0.717, 1.165) is 12.1 Å². The number of hydrogen-bond donors (Lipinski definition) is 1. The molecule has 1 N–H and O–H groups in total. The van der Waals surface area contributed by atoms with E-state index in [1.807, 2.05) is 0 Å². The summed E-state index contributed by atoms with van der Waals surface area (Å²) in [5.74, 6) is -1.20. The first kappa shape index (κ1) is 16.4. The molecule has 0 heterocycles. The zero-order valence-electron chi connectivity index (χ0n) is 11.4. The molecule has 0 radical (unpaired) electrons. The van der Waals surface area contributed by atoms with Crippen LogP contribution in [0, 0.1) is 5.82 Å². The molecule has 0 aliphatic rings. The number of nitrogens with one attached hydrogen (secondary N) is 1. The lowest BCUT2D eigenvalue weighted by atomic mass is 10.1. The van der Waals surface area contributed by atoms with Gasteiger partial charge in [-0.1, -0.05) is 6.07 Å². The normalized spacial score (nSPS) is 13.2. The van der Waals surface area contributed by atoms with E-state index >= 15 is 0 Å². The summed E-state index contributed by atoms with van der Waals surface area (Å²) < 4.78 is 51.2. The molecule has 0 saturated carbocycles. The summed E-state index contributed by atoms with van der Waals surface area (Å²) in [4.78, 5) is 12.9. The fraction of sp³-hybridized carbons (Fsp3) is 0.462. The van der Waals surface area contributed by atoms with Crippen LogP contribution in [-0.4, -0.2) is 30.9 Å². The van der Waals surface area contributed by atoms with Crippen molar-refractivity contribution in [3.8, 4) is 0 Å². The lowest BCUT2D eigenvalue weighted by Crippen LogP contribution is -2.41. The third-order valence-corrected chi connectivity index (χ3v) is 2.79. The third-order valence-electron chi connectivity index (χ3n) is 2.79. The van der Waals surface area contributed by atoms with Crippen molar-refractivity contribution in [2.75, 3.05) is 14.1 Å². The Morgan fingerprint density at radius 2 is 1.95 bits per heavy atom. The molecule has 7 heteroatoms. The highest BCUT2D eigenvalue weighted by molar-refractivity contribution is 5.80. The summed E-state index contributed by atoms with van der Waals surface area (Å²) in [6, 6.07) is 1.86. The van der Waals surface area contributed by atoms with Gasteiger partial charge < -0.3 is 10.2 Å². The Balaban J connectivity index is 2.86. The molecule has 0 spiro atoms. The number of amides is 1. The zero-order valence-corrected chi connectivity index (χ0v) is 11.4. The fourth-order valence-electron chi connectivity index (χ4n) is 1.70. The minimum absolute atomic E-state index is 0.0997. The summed E-state index contributed by atoms with van der Waals surface area (Å²) in [6.07, 6.45) is -4.63. The molecular formula is C13H16F4N2O. The first-order valence-corrected chi connectivity index (χ1v) is 5.93. The highest BCUT2D eigenvalue weighted by atomic mass is 19.4. The largest absolute Gasteiger partial charge is 0.416 e. The maximum absolute atomic E-state index is 12.9. The van der Waals surface area contributed by atoms with Crippen LogP contribution in [0.1, 0.15) is 18.1 Å². The number of benzene rings is 1. The molecule has 0 aliphatic heterocycles. The molecule has 1 rings (SSSR count). The maximum atomic E-state index is 12.9. The van der Waals surface area contributed by atoms with Crippen LogP contribution in [0.15, 0.2) is 18.2 Å². The summed E-state index contributed by atoms with van der Waals surface area (Å²) >= 11 is 0. The summed E-state index contributed by atoms with van der Waals surface area (Å²) in [5.41, 5.74) is -1.13. The molecule has 1 unspecified atom stereocenters. The van der Waals surface area contributed by atoms with E-state index < -0.39 is 23.6 Å². The van der Waals surface area contributed by atoms with Crippen LogP contribution >= 0.6 is 0 Å². The van der Waals surface area contributed by atoms with E-state index in [0.29, 0.717) is 6.07 Å². The van der Waals surface area contributed by atoms with Crippen LogP contribution in [-0.2, 0) is 17.5 Å². The van der Waals surface area contributed by atoms with Gasteiger partial charge in [-0.2, -0.15) is 13.2 Å². The number of halogens is 4. The fourth-order valence-corrected chi connectivity index (χ4v) is 1.70. The molecule has 0 aliphatic carbocycles. The summed E-state index contributed by atoms with van der Waals surface area (Å²) in [7, 11) is 3.11. The highest BCUT2D eigenvalue weighted by Gasteiger charge is 2.33. The van der Waals surface area contributed by atoms with Crippen LogP contribution in [0.25, 0.3) is 0 Å². The van der Waals surface area contributed by atoms with E-state index in [9.17, 15) is 22.4 Å². The SMILES string of the molecule is CC(NCc1ccc(F)cc1C(F)(F)F)C(=O)N(C)C. The average Bonchev–Trinajstić information content (AvgIpc) is 2.34. The second-order valence-electron chi connectivity index (χ2n) is 4.63. The number of alkyl halides is 3. The van der Waals surface area contributed by atoms with Crippen LogP contribution in [0.4, 0.5) is 17.6 Å². The molecule has 20 heavy (non-hydrogen) atoms. The standard InChI is InChI=1S/C13H16F4N2O/c1-8(12(20)19(2)3)18-7-9-4-5-10(14)6-11(9)13(15,16)17/h4-6,8,18H,7H2,1-3H3. The molecule has 3 nitrogen and oxygen atoms in total. The minimum atomic E-state index is -4.63. The van der Waals surface area contributed by atoms with Crippen molar-refractivity contribution in [3.05, 3.63) is 35.1 Å². The van der Waals surface area contributed by atoms with Crippen molar-refractivity contribution in [1.82, 2.24) is 10.2 Å². The van der Waals surface area contributed by atoms with E-state index in [4.69, 9.17) is 0 Å².